The number of anilines is 1. The molecule has 7 nitrogen and oxygen atoms in total. The summed E-state index contributed by atoms with van der Waals surface area (Å²) in [6, 6.07) is 7.81. The molecule has 1 aromatic heterocycles. The van der Waals surface area contributed by atoms with Crippen molar-refractivity contribution >= 4 is 38.9 Å². The van der Waals surface area contributed by atoms with Gasteiger partial charge < -0.3 is 10.1 Å². The third kappa shape index (κ3) is 5.65. The molecule has 0 radical (unpaired) electrons. The van der Waals surface area contributed by atoms with Gasteiger partial charge in [0.1, 0.15) is 0 Å². The maximum Gasteiger partial charge on any atom is 0.306 e. The zero-order chi connectivity index (χ0) is 19.2. The van der Waals surface area contributed by atoms with Crippen LogP contribution in [0.15, 0.2) is 46.0 Å². The Bertz CT molecular complexity index is 861. The van der Waals surface area contributed by atoms with Gasteiger partial charge in [-0.2, -0.15) is 11.3 Å². The van der Waals surface area contributed by atoms with Crippen LogP contribution in [0.2, 0.25) is 0 Å². The van der Waals surface area contributed by atoms with Gasteiger partial charge in [0.2, 0.25) is 10.0 Å². The Hall–Kier alpha value is -2.23. The molecule has 0 saturated carbocycles. The van der Waals surface area contributed by atoms with Gasteiger partial charge in [-0.05, 0) is 47.0 Å². The molecular weight excluding hydrogens is 376 g/mol. The van der Waals surface area contributed by atoms with Crippen molar-refractivity contribution in [3.63, 3.8) is 0 Å². The van der Waals surface area contributed by atoms with E-state index in [0.717, 1.165) is 9.87 Å². The van der Waals surface area contributed by atoms with Gasteiger partial charge >= 0.3 is 5.97 Å². The number of benzene rings is 1. The van der Waals surface area contributed by atoms with Crippen LogP contribution in [0.4, 0.5) is 5.69 Å². The molecule has 0 atom stereocenters. The third-order valence-corrected chi connectivity index (χ3v) is 6.00. The molecule has 0 aliphatic rings. The summed E-state index contributed by atoms with van der Waals surface area (Å²) in [5, 5.41) is 6.40. The zero-order valence-electron chi connectivity index (χ0n) is 14.5. The largest absolute Gasteiger partial charge is 0.456 e. The fraction of sp³-hybridized carbons (Fsp3) is 0.294. The van der Waals surface area contributed by atoms with Crippen molar-refractivity contribution in [1.29, 1.82) is 0 Å². The lowest BCUT2D eigenvalue weighted by Crippen LogP contribution is -2.23. The van der Waals surface area contributed by atoms with E-state index >= 15 is 0 Å². The summed E-state index contributed by atoms with van der Waals surface area (Å²) in [5.74, 6) is -0.997. The minimum Gasteiger partial charge on any atom is -0.456 e. The van der Waals surface area contributed by atoms with Gasteiger partial charge in [-0.25, -0.2) is 12.7 Å². The van der Waals surface area contributed by atoms with E-state index in [4.69, 9.17) is 4.74 Å². The first-order valence-electron chi connectivity index (χ1n) is 7.78. The molecule has 140 valence electrons. The van der Waals surface area contributed by atoms with Crippen molar-refractivity contribution in [2.45, 2.75) is 17.7 Å². The Balaban J connectivity index is 1.85. The van der Waals surface area contributed by atoms with Crippen LogP contribution < -0.4 is 5.32 Å². The minimum absolute atomic E-state index is 0.0630. The first-order valence-corrected chi connectivity index (χ1v) is 10.2. The predicted octanol–water partition coefficient (Wildman–Crippen LogP) is 2.11. The van der Waals surface area contributed by atoms with E-state index in [9.17, 15) is 18.0 Å². The van der Waals surface area contributed by atoms with Crippen molar-refractivity contribution in [3.8, 4) is 0 Å². The van der Waals surface area contributed by atoms with Gasteiger partial charge in [0.05, 0.1) is 4.90 Å². The number of carbonyl (C=O) groups excluding carboxylic acids is 2. The number of hydrogen-bond acceptors (Lipinski definition) is 6. The van der Waals surface area contributed by atoms with Crippen LogP contribution in [-0.2, 0) is 30.8 Å². The molecule has 2 aromatic rings. The second kappa shape index (κ2) is 8.93. The van der Waals surface area contributed by atoms with E-state index in [1.165, 1.54) is 32.3 Å². The van der Waals surface area contributed by atoms with E-state index in [2.05, 4.69) is 5.32 Å². The number of thiophene rings is 1. The fourth-order valence-corrected chi connectivity index (χ4v) is 3.69. The highest BCUT2D eigenvalue weighted by Crippen LogP contribution is 2.18. The van der Waals surface area contributed by atoms with Crippen LogP contribution in [0.5, 0.6) is 0 Å². The van der Waals surface area contributed by atoms with Crippen LogP contribution >= 0.6 is 11.3 Å². The summed E-state index contributed by atoms with van der Waals surface area (Å²) in [4.78, 5) is 23.6. The van der Waals surface area contributed by atoms with Gasteiger partial charge in [0.15, 0.2) is 6.61 Å². The van der Waals surface area contributed by atoms with E-state index in [-0.39, 0.29) is 11.3 Å². The average molecular weight is 396 g/mol. The number of nitrogens with one attached hydrogen (secondary N) is 1. The quantitative estimate of drug-likeness (QED) is 0.690. The Labute approximate surface area is 156 Å². The number of esters is 1. The monoisotopic (exact) mass is 396 g/mol. The Kier molecular flexibility index (Phi) is 6.90. The molecule has 26 heavy (non-hydrogen) atoms. The van der Waals surface area contributed by atoms with E-state index < -0.39 is 28.5 Å². The van der Waals surface area contributed by atoms with Crippen molar-refractivity contribution in [3.05, 3.63) is 46.7 Å². The Morgan fingerprint density at radius 2 is 2.00 bits per heavy atom. The van der Waals surface area contributed by atoms with Crippen molar-refractivity contribution < 1.29 is 22.7 Å². The summed E-state index contributed by atoms with van der Waals surface area (Å²) in [5.41, 5.74) is 1.36. The first kappa shape index (κ1) is 20.1. The molecule has 1 aromatic carbocycles. The lowest BCUT2D eigenvalue weighted by molar-refractivity contribution is -0.147. The van der Waals surface area contributed by atoms with Crippen molar-refractivity contribution in [2.75, 3.05) is 26.0 Å². The molecule has 1 N–H and O–H groups in total. The second-order valence-corrected chi connectivity index (χ2v) is 8.59. The highest BCUT2D eigenvalue weighted by atomic mass is 32.2. The number of ether oxygens (including phenoxy) is 1. The van der Waals surface area contributed by atoms with Gasteiger partial charge in [-0.15, -0.1) is 0 Å². The number of rotatable bonds is 8. The molecule has 9 heteroatoms. The van der Waals surface area contributed by atoms with Crippen LogP contribution in [0.25, 0.3) is 0 Å². The molecule has 0 bridgehead atoms. The van der Waals surface area contributed by atoms with Crippen molar-refractivity contribution in [2.24, 2.45) is 0 Å². The normalized spacial score (nSPS) is 11.3. The van der Waals surface area contributed by atoms with Gasteiger partial charge in [-0.3, -0.25) is 9.59 Å². The molecule has 0 aliphatic heterocycles. The van der Waals surface area contributed by atoms with Gasteiger partial charge in [-0.1, -0.05) is 6.07 Å². The molecule has 0 fully saturated rings. The van der Waals surface area contributed by atoms with Crippen LogP contribution in [0.3, 0.4) is 0 Å². The number of carbonyl (C=O) groups is 2. The SMILES string of the molecule is CN(C)S(=O)(=O)c1cccc(NC(=O)COC(=O)CCc2ccsc2)c1. The van der Waals surface area contributed by atoms with Crippen LogP contribution in [0.1, 0.15) is 12.0 Å². The zero-order valence-corrected chi connectivity index (χ0v) is 16.1. The highest BCUT2D eigenvalue weighted by molar-refractivity contribution is 7.89. The second-order valence-electron chi connectivity index (χ2n) is 5.66. The maximum absolute atomic E-state index is 12.1. The molecule has 0 unspecified atom stereocenters. The van der Waals surface area contributed by atoms with Crippen molar-refractivity contribution in [1.82, 2.24) is 4.31 Å². The number of nitrogens with zero attached hydrogens (tertiary/aromatic N) is 1. The minimum atomic E-state index is -3.59. The molecule has 2 rings (SSSR count). The molecule has 0 saturated heterocycles. The topological polar surface area (TPSA) is 92.8 Å². The number of aryl methyl sites for hydroxylation is 1. The van der Waals surface area contributed by atoms with Gasteiger partial charge in [0.25, 0.3) is 5.91 Å². The van der Waals surface area contributed by atoms with E-state index in [1.54, 1.807) is 17.4 Å². The standard InChI is InChI=1S/C17H20N2O5S2/c1-19(2)26(22,23)15-5-3-4-14(10-15)18-16(20)11-24-17(21)7-6-13-8-9-25-12-13/h3-5,8-10,12H,6-7,11H2,1-2H3,(H,18,20). The molecule has 0 aliphatic carbocycles. The smallest absolute Gasteiger partial charge is 0.306 e. The van der Waals surface area contributed by atoms with Gasteiger partial charge in [0, 0.05) is 26.2 Å². The summed E-state index contributed by atoms with van der Waals surface area (Å²) in [6.07, 6.45) is 0.759. The molecule has 0 spiro atoms. The molecule has 1 amide bonds. The maximum atomic E-state index is 12.1. The summed E-state index contributed by atoms with van der Waals surface area (Å²) in [6.45, 7) is -0.423. The number of amides is 1. The summed E-state index contributed by atoms with van der Waals surface area (Å²) >= 11 is 1.55. The lowest BCUT2D eigenvalue weighted by atomic mass is 10.2. The molecular formula is C17H20N2O5S2. The first-order chi connectivity index (χ1) is 12.3. The van der Waals surface area contributed by atoms with E-state index in [1.807, 2.05) is 16.8 Å². The summed E-state index contributed by atoms with van der Waals surface area (Å²) < 4.78 is 30.2. The fourth-order valence-electron chi connectivity index (χ4n) is 2.04. The Morgan fingerprint density at radius 3 is 2.65 bits per heavy atom. The third-order valence-electron chi connectivity index (χ3n) is 3.46. The van der Waals surface area contributed by atoms with E-state index in [0.29, 0.717) is 12.1 Å². The predicted molar refractivity (Wildman–Crippen MR) is 99.5 cm³/mol. The van der Waals surface area contributed by atoms with Crippen LogP contribution in [-0.4, -0.2) is 45.3 Å². The average Bonchev–Trinajstić information content (AvgIpc) is 3.12. The Morgan fingerprint density at radius 1 is 1.23 bits per heavy atom. The summed E-state index contributed by atoms with van der Waals surface area (Å²) in [7, 11) is -0.739. The lowest BCUT2D eigenvalue weighted by Gasteiger charge is -2.12. The number of sulfonamides is 1. The van der Waals surface area contributed by atoms with Crippen LogP contribution in [0, 0.1) is 0 Å². The number of hydrogen-bond donors (Lipinski definition) is 1. The molecule has 1 heterocycles. The highest BCUT2D eigenvalue weighted by Gasteiger charge is 2.17.